The van der Waals surface area contributed by atoms with E-state index in [9.17, 15) is 31.5 Å². The molecule has 7 rings (SSSR count). The minimum absolute atomic E-state index is 0.115. The summed E-state index contributed by atoms with van der Waals surface area (Å²) in [6.07, 6.45) is 0. The van der Waals surface area contributed by atoms with Gasteiger partial charge in [0.05, 0.1) is 16.9 Å². The van der Waals surface area contributed by atoms with Gasteiger partial charge in [0.2, 0.25) is 0 Å². The summed E-state index contributed by atoms with van der Waals surface area (Å²) in [6, 6.07) is 32.7. The van der Waals surface area contributed by atoms with Crippen LogP contribution in [0.2, 0.25) is 5.02 Å². The highest BCUT2D eigenvalue weighted by molar-refractivity contribution is 8.00. The number of hydrogen-bond acceptors (Lipinski definition) is 9. The van der Waals surface area contributed by atoms with Crippen LogP contribution in [0.4, 0.5) is 40.3 Å². The van der Waals surface area contributed by atoms with Crippen LogP contribution < -0.4 is 19.8 Å². The fourth-order valence-corrected chi connectivity index (χ4v) is 10.1. The molecule has 1 fully saturated rings. The van der Waals surface area contributed by atoms with Crippen molar-refractivity contribution in [3.8, 4) is 22.4 Å². The van der Waals surface area contributed by atoms with Gasteiger partial charge in [-0.25, -0.2) is 17.6 Å². The topological polar surface area (TPSA) is 107 Å². The van der Waals surface area contributed by atoms with E-state index in [0.717, 1.165) is 34.2 Å². The van der Waals surface area contributed by atoms with Gasteiger partial charge < -0.3 is 29.5 Å². The summed E-state index contributed by atoms with van der Waals surface area (Å²) < 4.78 is 86.9. The lowest BCUT2D eigenvalue weighted by molar-refractivity contribution is -0.0435. The van der Waals surface area contributed by atoms with Crippen molar-refractivity contribution in [3.63, 3.8) is 0 Å². The Morgan fingerprint density at radius 3 is 2.11 bits per heavy atom. The van der Waals surface area contributed by atoms with Gasteiger partial charge in [-0.1, -0.05) is 41.9 Å². The Balaban J connectivity index is 1.01. The van der Waals surface area contributed by atoms with Crippen LogP contribution in [0.3, 0.4) is 0 Å². The van der Waals surface area contributed by atoms with Crippen molar-refractivity contribution in [2.24, 2.45) is 0 Å². The maximum atomic E-state index is 15.5. The Morgan fingerprint density at radius 1 is 0.823 bits per heavy atom. The van der Waals surface area contributed by atoms with E-state index in [1.807, 2.05) is 84.3 Å². The lowest BCUT2D eigenvalue weighted by atomic mass is 9.96. The number of thioether (sulfide) groups is 1. The van der Waals surface area contributed by atoms with Gasteiger partial charge in [-0.15, -0.1) is 11.8 Å². The van der Waals surface area contributed by atoms with Crippen LogP contribution in [0.5, 0.6) is 0 Å². The minimum Gasteiger partial charge on any atom is -0.478 e. The van der Waals surface area contributed by atoms with Gasteiger partial charge in [-0.2, -0.15) is 13.2 Å². The molecule has 0 atom stereocenters. The molecule has 0 unspecified atom stereocenters. The molecule has 2 heterocycles. The largest absolute Gasteiger partial charge is 0.501 e. The van der Waals surface area contributed by atoms with Gasteiger partial charge in [0.15, 0.2) is 0 Å². The van der Waals surface area contributed by atoms with E-state index in [0.29, 0.717) is 77.4 Å². The molecule has 5 aromatic carbocycles. The van der Waals surface area contributed by atoms with Crippen LogP contribution in [-0.4, -0.2) is 68.0 Å². The summed E-state index contributed by atoms with van der Waals surface area (Å²) in [7, 11) is -5.64. The average Bonchev–Trinajstić information content (AvgIpc) is 3.57. The Bertz CT molecular complexity index is 2660. The highest BCUT2D eigenvalue weighted by Crippen LogP contribution is 2.42. The molecule has 324 valence electrons. The number of alkyl halides is 3. The summed E-state index contributed by atoms with van der Waals surface area (Å²) >= 11 is 8.67. The summed E-state index contributed by atoms with van der Waals surface area (Å²) in [5.74, 6) is -1.08. The second-order valence-electron chi connectivity index (χ2n) is 14.4. The first kappa shape index (κ1) is 44.8. The summed E-state index contributed by atoms with van der Waals surface area (Å²) in [5, 5.41) is 13.8. The van der Waals surface area contributed by atoms with E-state index >= 15 is 4.39 Å². The summed E-state index contributed by atoms with van der Waals surface area (Å²) in [4.78, 5) is 17.4. The molecule has 1 aromatic heterocycles. The number of sulfone groups is 1. The predicted molar refractivity (Wildman–Crippen MR) is 243 cm³/mol. The fourth-order valence-electron chi connectivity index (χ4n) is 7.50. The highest BCUT2D eigenvalue weighted by atomic mass is 35.5. The first-order valence-corrected chi connectivity index (χ1v) is 23.2. The van der Waals surface area contributed by atoms with Crippen molar-refractivity contribution in [3.05, 3.63) is 137 Å². The number of halogens is 5. The highest BCUT2D eigenvalue weighted by Gasteiger charge is 2.48. The Hall–Kier alpha value is -5.29. The van der Waals surface area contributed by atoms with E-state index in [1.54, 1.807) is 25.1 Å². The maximum Gasteiger partial charge on any atom is 0.501 e. The number of aromatic nitrogens is 1. The van der Waals surface area contributed by atoms with Crippen molar-refractivity contribution in [2.75, 3.05) is 58.3 Å². The second-order valence-corrected chi connectivity index (χ2v) is 18.8. The van der Waals surface area contributed by atoms with E-state index in [1.165, 1.54) is 30.0 Å². The number of nitrogens with one attached hydrogen (secondary N) is 2. The molecule has 0 radical (unpaired) electrons. The van der Waals surface area contributed by atoms with Crippen molar-refractivity contribution in [1.29, 1.82) is 0 Å². The number of carboxylic acids is 1. The fraction of sp³-hybridized carbons (Fsp3) is 0.222. The minimum atomic E-state index is -5.64. The second kappa shape index (κ2) is 19.0. The summed E-state index contributed by atoms with van der Waals surface area (Å²) in [6.45, 7) is 6.77. The molecule has 6 aromatic rings. The third kappa shape index (κ3) is 9.83. The van der Waals surface area contributed by atoms with E-state index < -0.39 is 32.0 Å². The molecule has 0 aliphatic carbocycles. The van der Waals surface area contributed by atoms with Gasteiger partial charge in [0.1, 0.15) is 10.7 Å². The molecule has 0 amide bonds. The Kier molecular flexibility index (Phi) is 13.7. The van der Waals surface area contributed by atoms with Gasteiger partial charge in [0.25, 0.3) is 9.84 Å². The number of hydrogen-bond donors (Lipinski definition) is 3. The maximum absolute atomic E-state index is 15.5. The summed E-state index contributed by atoms with van der Waals surface area (Å²) in [5.41, 5.74) is -0.379. The molecule has 0 bridgehead atoms. The lowest BCUT2D eigenvalue weighted by Gasteiger charge is -2.37. The molecule has 1 aliphatic heterocycles. The van der Waals surface area contributed by atoms with Gasteiger partial charge >= 0.3 is 11.5 Å². The predicted octanol–water partition coefficient (Wildman–Crippen LogP) is 11.6. The molecule has 0 spiro atoms. The number of anilines is 4. The van der Waals surface area contributed by atoms with E-state index in [-0.39, 0.29) is 22.7 Å². The van der Waals surface area contributed by atoms with E-state index in [4.69, 9.17) is 11.6 Å². The number of nitrogens with zero attached hydrogens (tertiary/aromatic N) is 3. The van der Waals surface area contributed by atoms with Crippen LogP contribution in [0.15, 0.2) is 130 Å². The molecule has 1 saturated heterocycles. The normalized spacial score (nSPS) is 13.3. The first-order chi connectivity index (χ1) is 29.6. The Morgan fingerprint density at radius 2 is 1.48 bits per heavy atom. The van der Waals surface area contributed by atoms with Crippen molar-refractivity contribution >= 4 is 73.9 Å². The molecule has 62 heavy (non-hydrogen) atoms. The molecule has 1 aliphatic rings. The first-order valence-electron chi connectivity index (χ1n) is 19.6. The lowest BCUT2D eigenvalue weighted by Crippen LogP contribution is -2.46. The molecular weight excluding hydrogens is 882 g/mol. The number of aromatic carboxylic acids is 1. The van der Waals surface area contributed by atoms with E-state index in [2.05, 4.69) is 19.8 Å². The monoisotopic (exact) mass is 923 g/mol. The third-order valence-corrected chi connectivity index (χ3v) is 14.1. The molecule has 0 saturated carbocycles. The van der Waals surface area contributed by atoms with Crippen molar-refractivity contribution in [2.45, 2.75) is 40.6 Å². The zero-order chi connectivity index (χ0) is 44.2. The van der Waals surface area contributed by atoms with Crippen LogP contribution in [0.25, 0.3) is 22.4 Å². The number of piperazine rings is 1. The van der Waals surface area contributed by atoms with Crippen molar-refractivity contribution in [1.82, 2.24) is 4.57 Å². The SMILES string of the molecule is CCn1c(C)c(C(=O)O)c(-c2cc(F)cc(N3CCN(c4ccc(NSc5ccc(NCCSc6ccccc6)c(S(=O)(=O)C(F)(F)F)c5)cc4)CC3)c2)c1-c1ccc(Cl)cc1. The number of benzene rings is 5. The average molecular weight is 925 g/mol. The van der Waals surface area contributed by atoms with Crippen LogP contribution in [0, 0.1) is 12.7 Å². The molecule has 17 heteroatoms. The van der Waals surface area contributed by atoms with Crippen molar-refractivity contribution < 1.29 is 35.9 Å². The Labute approximate surface area is 371 Å². The third-order valence-electron chi connectivity index (χ3n) is 10.5. The quantitative estimate of drug-likeness (QED) is 0.0399. The number of carbonyl (C=O) groups is 1. The smallest absolute Gasteiger partial charge is 0.478 e. The van der Waals surface area contributed by atoms with Crippen LogP contribution in [0.1, 0.15) is 23.0 Å². The van der Waals surface area contributed by atoms with Gasteiger partial charge in [-0.05, 0) is 122 Å². The van der Waals surface area contributed by atoms with Gasteiger partial charge in [-0.3, -0.25) is 0 Å². The zero-order valence-electron chi connectivity index (χ0n) is 33.5. The van der Waals surface area contributed by atoms with Crippen LogP contribution in [-0.2, 0) is 16.4 Å². The molecular formula is C45H42ClF4N5O4S3. The van der Waals surface area contributed by atoms with Gasteiger partial charge in [0, 0.05) is 88.2 Å². The standard InChI is InChI=1S/C45H42ClF4N5O4S3/c1-3-55-29(2)41(44(56)57)42(43(55)30-9-11-32(46)12-10-30)31-25-33(47)27-36(26-31)54-22-20-53(21-23-54)35-15-13-34(14-16-35)52-61-38-17-18-39(40(28-38)62(58,59)45(48,49)50)51-19-24-60-37-7-5-4-6-8-37/h4-18,25-28,51-52H,3,19-24H2,1-2H3,(H,56,57). The molecule has 3 N–H and O–H groups in total. The van der Waals surface area contributed by atoms with Crippen LogP contribution >= 0.6 is 35.3 Å². The number of rotatable bonds is 15. The zero-order valence-corrected chi connectivity index (χ0v) is 36.8. The number of carboxylic acid groups (broad SMARTS) is 1. The molecule has 9 nitrogen and oxygen atoms in total.